The van der Waals surface area contributed by atoms with Gasteiger partial charge >= 0.3 is 0 Å². The molecule has 0 amide bonds. The Labute approximate surface area is 118 Å². The van der Waals surface area contributed by atoms with Crippen molar-refractivity contribution < 1.29 is 9.13 Å². The zero-order valence-electron chi connectivity index (χ0n) is 11.8. The summed E-state index contributed by atoms with van der Waals surface area (Å²) in [5.41, 5.74) is 8.40. The number of nitrogen functional groups attached to an aromatic ring is 1. The molecule has 0 heterocycles. The number of nitrogens with zero attached hydrogens (tertiary/aromatic N) is 1. The zero-order chi connectivity index (χ0) is 14.5. The number of benzene rings is 2. The van der Waals surface area contributed by atoms with Gasteiger partial charge in [0.2, 0.25) is 0 Å². The Balaban J connectivity index is 2.36. The van der Waals surface area contributed by atoms with E-state index >= 15 is 0 Å². The summed E-state index contributed by atoms with van der Waals surface area (Å²) in [6, 6.07) is 12.1. The van der Waals surface area contributed by atoms with Gasteiger partial charge < -0.3 is 15.4 Å². The summed E-state index contributed by atoms with van der Waals surface area (Å²) >= 11 is 0. The molecular formula is C16H19FN2O. The summed E-state index contributed by atoms with van der Waals surface area (Å²) in [4.78, 5) is 2.07. The molecule has 0 atom stereocenters. The van der Waals surface area contributed by atoms with Crippen LogP contribution >= 0.6 is 0 Å². The lowest BCUT2D eigenvalue weighted by Crippen LogP contribution is -2.16. The number of nitrogens with two attached hydrogens (primary N) is 1. The monoisotopic (exact) mass is 274 g/mol. The van der Waals surface area contributed by atoms with Gasteiger partial charge in [-0.05, 0) is 50.2 Å². The minimum atomic E-state index is -0.239. The summed E-state index contributed by atoms with van der Waals surface area (Å²) in [5.74, 6) is 0.433. The minimum Gasteiger partial charge on any atom is -0.492 e. The Morgan fingerprint density at radius 3 is 2.30 bits per heavy atom. The molecule has 4 heteroatoms. The molecule has 2 aromatic carbocycles. The molecule has 0 aliphatic heterocycles. The van der Waals surface area contributed by atoms with E-state index < -0.39 is 0 Å². The van der Waals surface area contributed by atoms with Crippen LogP contribution in [0, 0.1) is 5.82 Å². The fourth-order valence-electron chi connectivity index (χ4n) is 2.11. The standard InChI is InChI=1S/C16H19FN2O/c1-3-19(13-7-5-12(17)6-8-13)14-9-10-15(18)16(11-14)20-4-2/h5-11H,3-4,18H2,1-2H3. The third-order valence-corrected chi connectivity index (χ3v) is 3.06. The SMILES string of the molecule is CCOc1cc(N(CC)c2ccc(F)cc2)ccc1N. The molecule has 2 N–H and O–H groups in total. The van der Waals surface area contributed by atoms with E-state index in [1.54, 1.807) is 12.1 Å². The molecule has 2 rings (SSSR count). The molecular weight excluding hydrogens is 255 g/mol. The van der Waals surface area contributed by atoms with E-state index in [4.69, 9.17) is 10.5 Å². The van der Waals surface area contributed by atoms with Gasteiger partial charge in [0.1, 0.15) is 11.6 Å². The van der Waals surface area contributed by atoms with Crippen molar-refractivity contribution in [2.45, 2.75) is 13.8 Å². The Bertz CT molecular complexity index is 569. The summed E-state index contributed by atoms with van der Waals surface area (Å²) < 4.78 is 18.5. The van der Waals surface area contributed by atoms with Crippen molar-refractivity contribution in [3.8, 4) is 5.75 Å². The minimum absolute atomic E-state index is 0.239. The fourth-order valence-corrected chi connectivity index (χ4v) is 2.11. The van der Waals surface area contributed by atoms with Crippen LogP contribution in [-0.2, 0) is 0 Å². The third kappa shape index (κ3) is 3.02. The van der Waals surface area contributed by atoms with Crippen molar-refractivity contribution in [2.75, 3.05) is 23.8 Å². The number of hydrogen-bond donors (Lipinski definition) is 1. The predicted molar refractivity (Wildman–Crippen MR) is 81.1 cm³/mol. The lowest BCUT2D eigenvalue weighted by atomic mass is 10.2. The lowest BCUT2D eigenvalue weighted by Gasteiger charge is -2.24. The summed E-state index contributed by atoms with van der Waals surface area (Å²) in [7, 11) is 0. The molecule has 0 unspecified atom stereocenters. The van der Waals surface area contributed by atoms with E-state index in [0.717, 1.165) is 17.9 Å². The molecule has 0 radical (unpaired) electrons. The molecule has 0 saturated carbocycles. The number of anilines is 3. The first kappa shape index (κ1) is 14.2. The smallest absolute Gasteiger partial charge is 0.144 e. The van der Waals surface area contributed by atoms with E-state index in [9.17, 15) is 4.39 Å². The van der Waals surface area contributed by atoms with E-state index in [-0.39, 0.29) is 5.82 Å². The van der Waals surface area contributed by atoms with Crippen LogP contribution < -0.4 is 15.4 Å². The van der Waals surface area contributed by atoms with E-state index in [1.807, 2.05) is 32.0 Å². The average molecular weight is 274 g/mol. The second kappa shape index (κ2) is 6.28. The molecule has 0 fully saturated rings. The van der Waals surface area contributed by atoms with Crippen LogP contribution in [0.5, 0.6) is 5.75 Å². The topological polar surface area (TPSA) is 38.5 Å². The molecule has 106 valence electrons. The van der Waals surface area contributed by atoms with Crippen LogP contribution in [0.1, 0.15) is 13.8 Å². The van der Waals surface area contributed by atoms with Gasteiger partial charge in [0.15, 0.2) is 0 Å². The first-order chi connectivity index (χ1) is 9.65. The van der Waals surface area contributed by atoms with Gasteiger partial charge in [-0.1, -0.05) is 0 Å². The van der Waals surface area contributed by atoms with E-state index in [2.05, 4.69) is 4.90 Å². The number of hydrogen-bond acceptors (Lipinski definition) is 3. The maximum atomic E-state index is 13.0. The average Bonchev–Trinajstić information content (AvgIpc) is 2.45. The van der Waals surface area contributed by atoms with Crippen LogP contribution in [0.3, 0.4) is 0 Å². The van der Waals surface area contributed by atoms with Gasteiger partial charge in [-0.25, -0.2) is 4.39 Å². The van der Waals surface area contributed by atoms with Crippen LogP contribution in [0.15, 0.2) is 42.5 Å². The molecule has 0 aromatic heterocycles. The Morgan fingerprint density at radius 1 is 1.05 bits per heavy atom. The molecule has 0 aliphatic carbocycles. The zero-order valence-corrected chi connectivity index (χ0v) is 11.8. The highest BCUT2D eigenvalue weighted by Gasteiger charge is 2.10. The van der Waals surface area contributed by atoms with E-state index in [0.29, 0.717) is 18.0 Å². The normalized spacial score (nSPS) is 10.3. The molecule has 0 spiro atoms. The number of halogens is 1. The molecule has 20 heavy (non-hydrogen) atoms. The van der Waals surface area contributed by atoms with Gasteiger partial charge in [-0.2, -0.15) is 0 Å². The molecule has 3 nitrogen and oxygen atoms in total. The number of ether oxygens (including phenoxy) is 1. The fraction of sp³-hybridized carbons (Fsp3) is 0.250. The second-order valence-electron chi connectivity index (χ2n) is 4.38. The Hall–Kier alpha value is -2.23. The summed E-state index contributed by atoms with van der Waals surface area (Å²) in [6.07, 6.45) is 0. The van der Waals surface area contributed by atoms with Gasteiger partial charge in [0.25, 0.3) is 0 Å². The third-order valence-electron chi connectivity index (χ3n) is 3.06. The molecule has 0 aliphatic rings. The Morgan fingerprint density at radius 2 is 1.70 bits per heavy atom. The van der Waals surface area contributed by atoms with Gasteiger partial charge in [-0.3, -0.25) is 0 Å². The van der Waals surface area contributed by atoms with Gasteiger partial charge in [0, 0.05) is 24.0 Å². The largest absolute Gasteiger partial charge is 0.492 e. The van der Waals surface area contributed by atoms with Gasteiger partial charge in [0.05, 0.1) is 12.3 Å². The van der Waals surface area contributed by atoms with Crippen molar-refractivity contribution in [2.24, 2.45) is 0 Å². The lowest BCUT2D eigenvalue weighted by molar-refractivity contribution is 0.342. The highest BCUT2D eigenvalue weighted by molar-refractivity contribution is 5.69. The number of rotatable bonds is 5. The summed E-state index contributed by atoms with van der Waals surface area (Å²) in [5, 5.41) is 0. The van der Waals surface area contributed by atoms with Gasteiger partial charge in [-0.15, -0.1) is 0 Å². The predicted octanol–water partition coefficient (Wildman–Crippen LogP) is 3.96. The highest BCUT2D eigenvalue weighted by Crippen LogP contribution is 2.31. The highest BCUT2D eigenvalue weighted by atomic mass is 19.1. The summed E-state index contributed by atoms with van der Waals surface area (Å²) in [6.45, 7) is 5.29. The van der Waals surface area contributed by atoms with Crippen molar-refractivity contribution in [3.05, 3.63) is 48.3 Å². The molecule has 0 saturated heterocycles. The first-order valence-electron chi connectivity index (χ1n) is 6.71. The van der Waals surface area contributed by atoms with Crippen LogP contribution in [-0.4, -0.2) is 13.2 Å². The molecule has 2 aromatic rings. The van der Waals surface area contributed by atoms with Crippen molar-refractivity contribution >= 4 is 17.1 Å². The van der Waals surface area contributed by atoms with Crippen LogP contribution in [0.25, 0.3) is 0 Å². The maximum absolute atomic E-state index is 13.0. The van der Waals surface area contributed by atoms with Crippen molar-refractivity contribution in [1.82, 2.24) is 0 Å². The maximum Gasteiger partial charge on any atom is 0.144 e. The van der Waals surface area contributed by atoms with Crippen molar-refractivity contribution in [3.63, 3.8) is 0 Å². The molecule has 0 bridgehead atoms. The first-order valence-corrected chi connectivity index (χ1v) is 6.71. The Kier molecular flexibility index (Phi) is 4.45. The quantitative estimate of drug-likeness (QED) is 0.839. The van der Waals surface area contributed by atoms with Crippen LogP contribution in [0.2, 0.25) is 0 Å². The second-order valence-corrected chi connectivity index (χ2v) is 4.38. The van der Waals surface area contributed by atoms with Crippen molar-refractivity contribution in [1.29, 1.82) is 0 Å². The van der Waals surface area contributed by atoms with E-state index in [1.165, 1.54) is 12.1 Å². The van der Waals surface area contributed by atoms with Crippen LogP contribution in [0.4, 0.5) is 21.5 Å².